The van der Waals surface area contributed by atoms with Crippen LogP contribution in [-0.4, -0.2) is 35.1 Å². The van der Waals surface area contributed by atoms with E-state index in [1.165, 1.54) is 0 Å². The van der Waals surface area contributed by atoms with E-state index in [9.17, 15) is 14.5 Å². The first-order chi connectivity index (χ1) is 13.6. The van der Waals surface area contributed by atoms with Crippen LogP contribution in [0.1, 0.15) is 10.4 Å². The van der Waals surface area contributed by atoms with Crippen LogP contribution in [0.2, 0.25) is 0 Å². The Kier molecular flexibility index (Phi) is 6.42. The van der Waals surface area contributed by atoms with E-state index < -0.39 is 25.4 Å². The molecule has 1 unspecified atom stereocenters. The minimum absolute atomic E-state index is 0.0592. The summed E-state index contributed by atoms with van der Waals surface area (Å²) in [5, 5.41) is 19.2. The smallest absolute Gasteiger partial charge is 0.230 e. The number of ether oxygens (including phenoxy) is 1. The van der Waals surface area contributed by atoms with Crippen LogP contribution in [0.15, 0.2) is 84.9 Å². The molecule has 0 amide bonds. The quantitative estimate of drug-likeness (QED) is 0.572. The van der Waals surface area contributed by atoms with Gasteiger partial charge in [0.05, 0.1) is 6.61 Å². The van der Waals surface area contributed by atoms with E-state index in [0.717, 1.165) is 0 Å². The Labute approximate surface area is 163 Å². The summed E-state index contributed by atoms with van der Waals surface area (Å²) in [6, 6.07) is 23.8. The fourth-order valence-corrected chi connectivity index (χ4v) is 5.24. The van der Waals surface area contributed by atoms with Crippen molar-refractivity contribution in [3.63, 3.8) is 0 Å². The second-order valence-electron chi connectivity index (χ2n) is 6.26. The summed E-state index contributed by atoms with van der Waals surface area (Å²) in [6.07, 6.45) is -0.974. The number of rotatable bonds is 8. The van der Waals surface area contributed by atoms with Gasteiger partial charge in [0, 0.05) is 16.2 Å². The molecule has 2 N–H and O–H groups in total. The van der Waals surface area contributed by atoms with Gasteiger partial charge in [-0.1, -0.05) is 60.7 Å². The number of benzene rings is 3. The topological polar surface area (TPSA) is 83.8 Å². The third kappa shape index (κ3) is 4.23. The molecular weight excluding hydrogens is 375 g/mol. The summed E-state index contributed by atoms with van der Waals surface area (Å²) in [7, 11) is -3.54. The van der Waals surface area contributed by atoms with Gasteiger partial charge in [-0.15, -0.1) is 0 Å². The zero-order chi connectivity index (χ0) is 20.0. The summed E-state index contributed by atoms with van der Waals surface area (Å²) in [5.74, 6) is 0.443. The SMILES string of the molecule is O=C(c1ccc(OCC(O)CO)cc1)P(=O)(c1ccccc1)c1ccccc1. The standard InChI is InChI=1S/C22H21O5P/c23-15-18(24)16-27-19-13-11-17(12-14-19)22(25)28(26,20-7-3-1-4-8-20)21-9-5-2-6-10-21/h1-14,18,23-24H,15-16H2. The van der Waals surface area contributed by atoms with Crippen LogP contribution in [0.4, 0.5) is 0 Å². The molecule has 0 aliphatic carbocycles. The molecule has 3 aromatic rings. The van der Waals surface area contributed by atoms with Gasteiger partial charge in [-0.2, -0.15) is 0 Å². The minimum Gasteiger partial charge on any atom is -0.491 e. The molecule has 0 saturated carbocycles. The number of carbonyl (C=O) groups is 1. The predicted octanol–water partition coefficient (Wildman–Crippen LogP) is 2.57. The maximum Gasteiger partial charge on any atom is 0.230 e. The fourth-order valence-electron chi connectivity index (χ4n) is 2.78. The Morgan fingerprint density at radius 1 is 0.857 bits per heavy atom. The highest BCUT2D eigenvalue weighted by Gasteiger charge is 2.36. The lowest BCUT2D eigenvalue weighted by molar-refractivity contribution is 0.0536. The molecule has 144 valence electrons. The summed E-state index contributed by atoms with van der Waals surface area (Å²) in [6.45, 7) is -0.454. The van der Waals surface area contributed by atoms with Crippen LogP contribution < -0.4 is 15.3 Å². The second-order valence-corrected chi connectivity index (χ2v) is 8.91. The van der Waals surface area contributed by atoms with Crippen molar-refractivity contribution in [3.05, 3.63) is 90.5 Å². The van der Waals surface area contributed by atoms with Crippen molar-refractivity contribution in [2.24, 2.45) is 0 Å². The van der Waals surface area contributed by atoms with E-state index >= 15 is 0 Å². The van der Waals surface area contributed by atoms with Crippen molar-refractivity contribution in [2.45, 2.75) is 6.10 Å². The molecule has 0 aliphatic rings. The van der Waals surface area contributed by atoms with Crippen LogP contribution in [0.25, 0.3) is 0 Å². The third-order valence-electron chi connectivity index (χ3n) is 4.28. The lowest BCUT2D eigenvalue weighted by atomic mass is 10.2. The molecule has 28 heavy (non-hydrogen) atoms. The molecule has 0 radical (unpaired) electrons. The molecule has 1 atom stereocenters. The monoisotopic (exact) mass is 396 g/mol. The van der Waals surface area contributed by atoms with Crippen LogP contribution in [-0.2, 0) is 4.57 Å². The maximum absolute atomic E-state index is 14.0. The molecule has 6 heteroatoms. The summed E-state index contributed by atoms with van der Waals surface area (Å²) < 4.78 is 19.4. The fraction of sp³-hybridized carbons (Fsp3) is 0.136. The molecule has 3 aromatic carbocycles. The van der Waals surface area contributed by atoms with Gasteiger partial charge in [0.15, 0.2) is 0 Å². The van der Waals surface area contributed by atoms with Gasteiger partial charge in [-0.05, 0) is 24.3 Å². The molecule has 3 rings (SSSR count). The predicted molar refractivity (Wildman–Crippen MR) is 109 cm³/mol. The molecule has 0 saturated heterocycles. The van der Waals surface area contributed by atoms with Gasteiger partial charge < -0.3 is 19.5 Å². The largest absolute Gasteiger partial charge is 0.491 e. The summed E-state index contributed by atoms with van der Waals surface area (Å²) in [5.41, 5.74) is -0.141. The molecule has 0 aromatic heterocycles. The van der Waals surface area contributed by atoms with E-state index in [-0.39, 0.29) is 6.61 Å². The molecule has 0 heterocycles. The average Bonchev–Trinajstić information content (AvgIpc) is 2.78. The van der Waals surface area contributed by atoms with Gasteiger partial charge in [-0.3, -0.25) is 4.79 Å². The number of hydrogen-bond acceptors (Lipinski definition) is 5. The van der Waals surface area contributed by atoms with Gasteiger partial charge in [0.2, 0.25) is 12.7 Å². The molecule has 0 aliphatic heterocycles. The Balaban J connectivity index is 1.94. The number of aliphatic hydroxyl groups is 2. The van der Waals surface area contributed by atoms with Crippen LogP contribution in [0.5, 0.6) is 5.75 Å². The number of aliphatic hydroxyl groups excluding tert-OH is 2. The molecule has 0 bridgehead atoms. The maximum atomic E-state index is 14.0. The first kappa shape index (κ1) is 20.0. The van der Waals surface area contributed by atoms with E-state index in [2.05, 4.69) is 0 Å². The summed E-state index contributed by atoms with van der Waals surface area (Å²) in [4.78, 5) is 13.3. The zero-order valence-corrected chi connectivity index (χ0v) is 16.0. The molecule has 0 fully saturated rings. The highest BCUT2D eigenvalue weighted by Crippen LogP contribution is 2.46. The van der Waals surface area contributed by atoms with Crippen LogP contribution in [0, 0.1) is 0 Å². The highest BCUT2D eigenvalue weighted by atomic mass is 31.2. The number of carbonyl (C=O) groups excluding carboxylic acids is 1. The second kappa shape index (κ2) is 8.98. The van der Waals surface area contributed by atoms with Gasteiger partial charge in [-0.25, -0.2) is 0 Å². The van der Waals surface area contributed by atoms with E-state index in [4.69, 9.17) is 9.84 Å². The van der Waals surface area contributed by atoms with Crippen molar-refractivity contribution >= 4 is 23.3 Å². The average molecular weight is 396 g/mol. The van der Waals surface area contributed by atoms with Crippen LogP contribution >= 0.6 is 7.14 Å². The number of hydrogen-bond donors (Lipinski definition) is 2. The van der Waals surface area contributed by atoms with Crippen LogP contribution in [0.3, 0.4) is 0 Å². The van der Waals surface area contributed by atoms with E-state index in [1.807, 2.05) is 12.1 Å². The van der Waals surface area contributed by atoms with Crippen molar-refractivity contribution in [3.8, 4) is 5.75 Å². The lowest BCUT2D eigenvalue weighted by Gasteiger charge is -2.18. The highest BCUT2D eigenvalue weighted by molar-refractivity contribution is 7.93. The Morgan fingerprint density at radius 2 is 1.36 bits per heavy atom. The third-order valence-corrected chi connectivity index (χ3v) is 7.16. The van der Waals surface area contributed by atoms with Crippen molar-refractivity contribution in [1.29, 1.82) is 0 Å². The van der Waals surface area contributed by atoms with Gasteiger partial charge in [0.1, 0.15) is 18.5 Å². The summed E-state index contributed by atoms with van der Waals surface area (Å²) >= 11 is 0. The van der Waals surface area contributed by atoms with Gasteiger partial charge >= 0.3 is 0 Å². The Bertz CT molecular complexity index is 912. The van der Waals surface area contributed by atoms with E-state index in [1.54, 1.807) is 72.8 Å². The lowest BCUT2D eigenvalue weighted by Crippen LogP contribution is -2.22. The molecule has 5 nitrogen and oxygen atoms in total. The molecular formula is C22H21O5P. The minimum atomic E-state index is -3.54. The first-order valence-corrected chi connectivity index (χ1v) is 10.5. The van der Waals surface area contributed by atoms with E-state index in [0.29, 0.717) is 21.9 Å². The molecule has 0 spiro atoms. The van der Waals surface area contributed by atoms with Gasteiger partial charge in [0.25, 0.3) is 0 Å². The van der Waals surface area contributed by atoms with Crippen molar-refractivity contribution < 1.29 is 24.3 Å². The Morgan fingerprint density at radius 3 is 1.82 bits per heavy atom. The normalized spacial score (nSPS) is 12.4. The van der Waals surface area contributed by atoms with Crippen molar-refractivity contribution in [2.75, 3.05) is 13.2 Å². The first-order valence-electron chi connectivity index (χ1n) is 8.83. The Hall–Kier alpha value is -2.72. The zero-order valence-electron chi connectivity index (χ0n) is 15.1. The van der Waals surface area contributed by atoms with Crippen molar-refractivity contribution in [1.82, 2.24) is 0 Å².